The standard InChI is InChI=1S/C22H28N2O2S/c1-16(2)27-20-12-6-17(7-13-20)15-21(25)24-18-8-10-19(11-9-18)26-22-5-3-4-14-23-22/h3-7,12-14,16,18-19H,8-11,15H2,1-2H3,(H,24,25). The molecule has 144 valence electrons. The van der Waals surface area contributed by atoms with Crippen LogP contribution in [0.2, 0.25) is 0 Å². The molecule has 1 aromatic carbocycles. The Labute approximate surface area is 166 Å². The molecule has 0 saturated heterocycles. The number of ether oxygens (including phenoxy) is 1. The van der Waals surface area contributed by atoms with Crippen molar-refractivity contribution in [1.82, 2.24) is 10.3 Å². The molecule has 1 aliphatic carbocycles. The second-order valence-electron chi connectivity index (χ2n) is 7.31. The van der Waals surface area contributed by atoms with Crippen molar-refractivity contribution in [2.24, 2.45) is 0 Å². The average molecular weight is 385 g/mol. The summed E-state index contributed by atoms with van der Waals surface area (Å²) < 4.78 is 5.92. The Morgan fingerprint density at radius 3 is 2.52 bits per heavy atom. The molecule has 5 heteroatoms. The summed E-state index contributed by atoms with van der Waals surface area (Å²) >= 11 is 1.84. The van der Waals surface area contributed by atoms with Crippen molar-refractivity contribution in [3.05, 3.63) is 54.2 Å². The van der Waals surface area contributed by atoms with Gasteiger partial charge in [-0.2, -0.15) is 0 Å². The zero-order chi connectivity index (χ0) is 19.1. The Kier molecular flexibility index (Phi) is 7.16. The molecular weight excluding hydrogens is 356 g/mol. The van der Waals surface area contributed by atoms with Gasteiger partial charge in [-0.3, -0.25) is 4.79 Å². The number of nitrogens with zero attached hydrogens (tertiary/aromatic N) is 1. The number of rotatable bonds is 7. The van der Waals surface area contributed by atoms with Crippen LogP contribution in [0.1, 0.15) is 45.1 Å². The van der Waals surface area contributed by atoms with E-state index in [0.29, 0.717) is 17.6 Å². The number of amides is 1. The van der Waals surface area contributed by atoms with E-state index in [4.69, 9.17) is 4.74 Å². The highest BCUT2D eigenvalue weighted by Gasteiger charge is 2.23. The van der Waals surface area contributed by atoms with Gasteiger partial charge in [-0.05, 0) is 49.4 Å². The fourth-order valence-corrected chi connectivity index (χ4v) is 4.17. The summed E-state index contributed by atoms with van der Waals surface area (Å²) in [7, 11) is 0. The third-order valence-corrected chi connectivity index (χ3v) is 5.64. The molecule has 1 saturated carbocycles. The third-order valence-electron chi connectivity index (χ3n) is 4.62. The van der Waals surface area contributed by atoms with Crippen molar-refractivity contribution in [3.63, 3.8) is 0 Å². The minimum atomic E-state index is 0.105. The lowest BCUT2D eigenvalue weighted by Gasteiger charge is -2.29. The summed E-state index contributed by atoms with van der Waals surface area (Å²) in [4.78, 5) is 17.8. The number of aromatic nitrogens is 1. The summed E-state index contributed by atoms with van der Waals surface area (Å²) in [6.45, 7) is 4.37. The van der Waals surface area contributed by atoms with Crippen LogP contribution in [0, 0.1) is 0 Å². The Balaban J connectivity index is 1.40. The minimum Gasteiger partial charge on any atom is -0.474 e. The highest BCUT2D eigenvalue weighted by molar-refractivity contribution is 7.99. The van der Waals surface area contributed by atoms with E-state index in [1.165, 1.54) is 4.90 Å². The molecule has 1 heterocycles. The van der Waals surface area contributed by atoms with Gasteiger partial charge >= 0.3 is 0 Å². The molecule has 0 radical (unpaired) electrons. The van der Waals surface area contributed by atoms with Crippen LogP contribution in [0.5, 0.6) is 5.88 Å². The highest BCUT2D eigenvalue weighted by Crippen LogP contribution is 2.24. The van der Waals surface area contributed by atoms with E-state index in [0.717, 1.165) is 31.2 Å². The summed E-state index contributed by atoms with van der Waals surface area (Å²) in [6.07, 6.45) is 6.18. The number of pyridine rings is 1. The van der Waals surface area contributed by atoms with Crippen molar-refractivity contribution in [3.8, 4) is 5.88 Å². The molecule has 0 bridgehead atoms. The Morgan fingerprint density at radius 2 is 1.89 bits per heavy atom. The van der Waals surface area contributed by atoms with Gasteiger partial charge in [0.15, 0.2) is 0 Å². The van der Waals surface area contributed by atoms with Gasteiger partial charge < -0.3 is 10.1 Å². The van der Waals surface area contributed by atoms with E-state index in [2.05, 4.69) is 48.4 Å². The Morgan fingerprint density at radius 1 is 1.15 bits per heavy atom. The number of nitrogens with one attached hydrogen (secondary N) is 1. The Bertz CT molecular complexity index is 711. The first-order valence-electron chi connectivity index (χ1n) is 9.71. The molecular formula is C22H28N2O2S. The molecule has 1 aromatic heterocycles. The molecule has 0 unspecified atom stereocenters. The number of hydrogen-bond donors (Lipinski definition) is 1. The first kappa shape index (κ1) is 19.7. The van der Waals surface area contributed by atoms with Crippen molar-refractivity contribution in [1.29, 1.82) is 0 Å². The van der Waals surface area contributed by atoms with Crippen LogP contribution < -0.4 is 10.1 Å². The molecule has 1 amide bonds. The number of carbonyl (C=O) groups is 1. The van der Waals surface area contributed by atoms with Gasteiger partial charge in [0.25, 0.3) is 0 Å². The third kappa shape index (κ3) is 6.58. The van der Waals surface area contributed by atoms with Crippen LogP contribution in [-0.4, -0.2) is 28.3 Å². The molecule has 1 aliphatic rings. The van der Waals surface area contributed by atoms with Gasteiger partial charge in [0, 0.05) is 28.5 Å². The smallest absolute Gasteiger partial charge is 0.224 e. The van der Waals surface area contributed by atoms with E-state index in [9.17, 15) is 4.79 Å². The SMILES string of the molecule is CC(C)Sc1ccc(CC(=O)NC2CCC(Oc3ccccn3)CC2)cc1. The second-order valence-corrected chi connectivity index (χ2v) is 8.96. The lowest BCUT2D eigenvalue weighted by Crippen LogP contribution is -2.40. The van der Waals surface area contributed by atoms with Gasteiger partial charge in [-0.1, -0.05) is 32.0 Å². The van der Waals surface area contributed by atoms with Crippen molar-refractivity contribution in [2.45, 2.75) is 68.2 Å². The van der Waals surface area contributed by atoms with Gasteiger partial charge in [0.1, 0.15) is 6.10 Å². The van der Waals surface area contributed by atoms with Crippen LogP contribution in [-0.2, 0) is 11.2 Å². The van der Waals surface area contributed by atoms with Gasteiger partial charge in [0.2, 0.25) is 11.8 Å². The summed E-state index contributed by atoms with van der Waals surface area (Å²) in [5.41, 5.74) is 1.06. The van der Waals surface area contributed by atoms with Gasteiger partial charge in [-0.15, -0.1) is 11.8 Å². The van der Waals surface area contributed by atoms with E-state index >= 15 is 0 Å². The lowest BCUT2D eigenvalue weighted by molar-refractivity contribution is -0.121. The first-order chi connectivity index (χ1) is 13.1. The number of hydrogen-bond acceptors (Lipinski definition) is 4. The summed E-state index contributed by atoms with van der Waals surface area (Å²) in [5.74, 6) is 0.789. The van der Waals surface area contributed by atoms with Crippen molar-refractivity contribution >= 4 is 17.7 Å². The zero-order valence-electron chi connectivity index (χ0n) is 16.1. The fraction of sp³-hybridized carbons (Fsp3) is 0.455. The molecule has 4 nitrogen and oxygen atoms in total. The molecule has 1 N–H and O–H groups in total. The van der Waals surface area contributed by atoms with E-state index in [1.54, 1.807) is 6.20 Å². The molecule has 0 spiro atoms. The second kappa shape index (κ2) is 9.79. The maximum absolute atomic E-state index is 12.4. The average Bonchev–Trinajstić information content (AvgIpc) is 2.65. The maximum Gasteiger partial charge on any atom is 0.224 e. The fourth-order valence-electron chi connectivity index (χ4n) is 3.33. The van der Waals surface area contributed by atoms with Crippen LogP contribution in [0.25, 0.3) is 0 Å². The van der Waals surface area contributed by atoms with E-state index in [1.807, 2.05) is 30.0 Å². The van der Waals surface area contributed by atoms with Crippen molar-refractivity contribution in [2.75, 3.05) is 0 Å². The minimum absolute atomic E-state index is 0.105. The van der Waals surface area contributed by atoms with E-state index < -0.39 is 0 Å². The molecule has 1 fully saturated rings. The summed E-state index contributed by atoms with van der Waals surface area (Å²) in [6, 6.07) is 14.3. The maximum atomic E-state index is 12.4. The van der Waals surface area contributed by atoms with Crippen LogP contribution >= 0.6 is 11.8 Å². The van der Waals surface area contributed by atoms with E-state index in [-0.39, 0.29) is 18.1 Å². The quantitative estimate of drug-likeness (QED) is 0.707. The molecule has 2 aromatic rings. The predicted molar refractivity (Wildman–Crippen MR) is 110 cm³/mol. The lowest BCUT2D eigenvalue weighted by atomic mass is 9.92. The topological polar surface area (TPSA) is 51.2 Å². The largest absolute Gasteiger partial charge is 0.474 e. The van der Waals surface area contributed by atoms with Gasteiger partial charge in [0.05, 0.1) is 6.42 Å². The normalized spacial score (nSPS) is 19.7. The van der Waals surface area contributed by atoms with Crippen LogP contribution in [0.15, 0.2) is 53.6 Å². The first-order valence-corrected chi connectivity index (χ1v) is 10.6. The molecule has 27 heavy (non-hydrogen) atoms. The molecule has 3 rings (SSSR count). The number of thioether (sulfide) groups is 1. The number of carbonyl (C=O) groups excluding carboxylic acids is 1. The number of benzene rings is 1. The Hall–Kier alpha value is -2.01. The van der Waals surface area contributed by atoms with Crippen LogP contribution in [0.4, 0.5) is 0 Å². The highest BCUT2D eigenvalue weighted by atomic mass is 32.2. The summed E-state index contributed by atoms with van der Waals surface area (Å²) in [5, 5.41) is 3.75. The van der Waals surface area contributed by atoms with Crippen molar-refractivity contribution < 1.29 is 9.53 Å². The monoisotopic (exact) mass is 384 g/mol. The van der Waals surface area contributed by atoms with Gasteiger partial charge in [-0.25, -0.2) is 4.98 Å². The van der Waals surface area contributed by atoms with Crippen LogP contribution in [0.3, 0.4) is 0 Å². The molecule has 0 atom stereocenters. The molecule has 0 aliphatic heterocycles. The zero-order valence-corrected chi connectivity index (χ0v) is 16.9. The predicted octanol–water partition coefficient (Wildman–Crippen LogP) is 4.63.